The summed E-state index contributed by atoms with van der Waals surface area (Å²) in [6, 6.07) is 3.18. The number of hydrogen-bond donors (Lipinski definition) is 2. The Kier molecular flexibility index (Phi) is 10.2. The smallest absolute Gasteiger partial charge is 0.309 e. The van der Waals surface area contributed by atoms with Crippen LogP contribution in [0, 0.1) is 10.8 Å². The van der Waals surface area contributed by atoms with E-state index in [4.69, 9.17) is 0 Å². The number of carbonyl (C=O) groups excluding carboxylic acids is 1. The molecule has 188 valence electrons. The number of aryl methyl sites for hydroxylation is 2. The van der Waals surface area contributed by atoms with E-state index < -0.39 is 22.2 Å². The highest BCUT2D eigenvalue weighted by Gasteiger charge is 2.26. The van der Waals surface area contributed by atoms with Gasteiger partial charge in [-0.15, -0.1) is 11.3 Å². The molecule has 0 spiro atoms. The van der Waals surface area contributed by atoms with Gasteiger partial charge in [0.05, 0.1) is 16.2 Å². The Balaban J connectivity index is 1.97. The molecule has 1 aromatic rings. The summed E-state index contributed by atoms with van der Waals surface area (Å²) < 4.78 is 13.0. The maximum absolute atomic E-state index is 13.0. The Morgan fingerprint density at radius 3 is 2.06 bits per heavy atom. The third-order valence-corrected chi connectivity index (χ3v) is 8.84. The number of aliphatic hydroxyl groups is 1. The molecule has 0 saturated heterocycles. The highest BCUT2D eigenvalue weighted by molar-refractivity contribution is 7.93. The average Bonchev–Trinajstić information content (AvgIpc) is 2.74. The van der Waals surface area contributed by atoms with E-state index >= 15 is 0 Å². The lowest BCUT2D eigenvalue weighted by Crippen LogP contribution is -2.23. The first-order chi connectivity index (χ1) is 15.8. The number of carboxylic acid groups (broad SMARTS) is 1. The van der Waals surface area contributed by atoms with Crippen molar-refractivity contribution in [2.45, 2.75) is 79.1 Å². The fourth-order valence-electron chi connectivity index (χ4n) is 3.67. The van der Waals surface area contributed by atoms with E-state index in [-0.39, 0.29) is 23.2 Å². The molecule has 0 fully saturated rings. The molecule has 0 bridgehead atoms. The standard InChI is InChI=1S/C26H36O6S2/c1-25(2,17-27)11-6-8-22-15-19(29)16-23(34(22)32)10-9-21-14-18(28)13-20(33-21)7-5-12-26(3,4)24(30)31/h13-16,27H,5-12,17H2,1-4H3,(H,30,31). The zero-order valence-corrected chi connectivity index (χ0v) is 22.2. The van der Waals surface area contributed by atoms with Crippen LogP contribution in [0.4, 0.5) is 0 Å². The summed E-state index contributed by atoms with van der Waals surface area (Å²) in [5.41, 5.74) is -1.10. The number of allylic oxidation sites excluding steroid dienone is 4. The van der Waals surface area contributed by atoms with Crippen LogP contribution in [0.5, 0.6) is 0 Å². The largest absolute Gasteiger partial charge is 0.481 e. The minimum absolute atomic E-state index is 0.0818. The van der Waals surface area contributed by atoms with Crippen LogP contribution < -0.4 is 5.43 Å². The van der Waals surface area contributed by atoms with Gasteiger partial charge in [0.1, 0.15) is 0 Å². The molecule has 34 heavy (non-hydrogen) atoms. The van der Waals surface area contributed by atoms with Crippen molar-refractivity contribution in [1.82, 2.24) is 0 Å². The Labute approximate surface area is 208 Å². The second-order valence-electron chi connectivity index (χ2n) is 10.3. The number of aliphatic carboxylic acids is 1. The monoisotopic (exact) mass is 508 g/mol. The molecule has 0 amide bonds. The summed E-state index contributed by atoms with van der Waals surface area (Å²) in [6.07, 6.45) is 7.75. The maximum Gasteiger partial charge on any atom is 0.309 e. The maximum atomic E-state index is 13.0. The first-order valence-corrected chi connectivity index (χ1v) is 13.6. The number of ketones is 1. The molecule has 0 aliphatic carbocycles. The number of carbonyl (C=O) groups is 2. The van der Waals surface area contributed by atoms with Gasteiger partial charge in [0.15, 0.2) is 11.2 Å². The zero-order chi connectivity index (χ0) is 25.5. The van der Waals surface area contributed by atoms with Crippen molar-refractivity contribution in [2.24, 2.45) is 10.8 Å². The highest BCUT2D eigenvalue weighted by atomic mass is 32.2. The van der Waals surface area contributed by atoms with Crippen LogP contribution in [0.15, 0.2) is 38.9 Å². The lowest BCUT2D eigenvalue weighted by Gasteiger charge is -2.22. The third-order valence-electron chi connectivity index (χ3n) is 6.08. The van der Waals surface area contributed by atoms with Gasteiger partial charge in [0.2, 0.25) is 0 Å². The molecule has 0 radical (unpaired) electrons. The molecule has 1 atom stereocenters. The molecular formula is C26H36O6S2. The van der Waals surface area contributed by atoms with E-state index in [0.717, 1.165) is 22.6 Å². The third kappa shape index (κ3) is 8.71. The molecule has 0 saturated carbocycles. The summed E-state index contributed by atoms with van der Waals surface area (Å²) in [6.45, 7) is 7.43. The van der Waals surface area contributed by atoms with E-state index in [9.17, 15) is 28.8 Å². The summed E-state index contributed by atoms with van der Waals surface area (Å²) in [7, 11) is -1.36. The van der Waals surface area contributed by atoms with Crippen molar-refractivity contribution < 1.29 is 24.0 Å². The minimum atomic E-state index is -1.36. The van der Waals surface area contributed by atoms with Gasteiger partial charge in [0.25, 0.3) is 0 Å². The lowest BCUT2D eigenvalue weighted by molar-refractivity contribution is -0.147. The molecule has 2 N–H and O–H groups in total. The molecule has 1 unspecified atom stereocenters. The summed E-state index contributed by atoms with van der Waals surface area (Å²) in [4.78, 5) is 38.6. The Morgan fingerprint density at radius 1 is 0.912 bits per heavy atom. The van der Waals surface area contributed by atoms with Crippen molar-refractivity contribution in [1.29, 1.82) is 0 Å². The Hall–Kier alpha value is -1.90. The predicted molar refractivity (Wildman–Crippen MR) is 137 cm³/mol. The fourth-order valence-corrected chi connectivity index (χ4v) is 6.21. The van der Waals surface area contributed by atoms with Crippen LogP contribution in [-0.2, 0) is 33.2 Å². The number of aliphatic hydroxyl groups excluding tert-OH is 1. The molecule has 1 aliphatic rings. The van der Waals surface area contributed by atoms with Gasteiger partial charge >= 0.3 is 5.97 Å². The van der Waals surface area contributed by atoms with E-state index in [0.29, 0.717) is 48.3 Å². The number of carboxylic acids is 1. The topological polar surface area (TPSA) is 109 Å². The van der Waals surface area contributed by atoms with Gasteiger partial charge in [-0.05, 0) is 94.9 Å². The van der Waals surface area contributed by atoms with Gasteiger partial charge in [0, 0.05) is 26.2 Å². The van der Waals surface area contributed by atoms with Crippen LogP contribution >= 0.6 is 11.3 Å². The van der Waals surface area contributed by atoms with E-state index in [1.54, 1.807) is 26.0 Å². The highest BCUT2D eigenvalue weighted by Crippen LogP contribution is 2.30. The SMILES string of the molecule is CC(C)(CO)CCCC1=CC(=O)C=C(CCc2cc(=O)cc(CCCC(C)(C)C(=O)O)s2)S1=O. The molecule has 2 heterocycles. The summed E-state index contributed by atoms with van der Waals surface area (Å²) >= 11 is 1.51. The zero-order valence-electron chi connectivity index (χ0n) is 20.5. The molecule has 2 rings (SSSR count). The van der Waals surface area contributed by atoms with Gasteiger partial charge in [-0.2, -0.15) is 0 Å². The normalized spacial score (nSPS) is 16.9. The van der Waals surface area contributed by atoms with Crippen LogP contribution in [0.1, 0.15) is 76.0 Å². The molecule has 6 nitrogen and oxygen atoms in total. The van der Waals surface area contributed by atoms with Crippen molar-refractivity contribution in [2.75, 3.05) is 6.61 Å². The van der Waals surface area contributed by atoms with Crippen molar-refractivity contribution in [3.05, 3.63) is 54.1 Å². The average molecular weight is 509 g/mol. The molecular weight excluding hydrogens is 472 g/mol. The molecule has 8 heteroatoms. The summed E-state index contributed by atoms with van der Waals surface area (Å²) in [5, 5.41) is 18.7. The van der Waals surface area contributed by atoms with Gasteiger partial charge in [-0.1, -0.05) is 13.8 Å². The molecule has 0 aromatic carbocycles. The quantitative estimate of drug-likeness (QED) is 0.398. The van der Waals surface area contributed by atoms with Crippen LogP contribution in [0.2, 0.25) is 0 Å². The van der Waals surface area contributed by atoms with Gasteiger partial charge < -0.3 is 10.2 Å². The van der Waals surface area contributed by atoms with Crippen molar-refractivity contribution >= 4 is 33.9 Å². The second kappa shape index (κ2) is 12.2. The minimum Gasteiger partial charge on any atom is -0.481 e. The van der Waals surface area contributed by atoms with E-state index in [1.165, 1.54) is 23.5 Å². The van der Waals surface area contributed by atoms with Crippen LogP contribution in [0.3, 0.4) is 0 Å². The van der Waals surface area contributed by atoms with Gasteiger partial charge in [-0.25, -0.2) is 4.21 Å². The first-order valence-electron chi connectivity index (χ1n) is 11.7. The second-order valence-corrected chi connectivity index (χ2v) is 13.2. The lowest BCUT2D eigenvalue weighted by atomic mass is 9.87. The van der Waals surface area contributed by atoms with Crippen LogP contribution in [-0.4, -0.2) is 32.8 Å². The van der Waals surface area contributed by atoms with Crippen LogP contribution in [0.25, 0.3) is 0 Å². The van der Waals surface area contributed by atoms with Crippen molar-refractivity contribution in [3.63, 3.8) is 0 Å². The Morgan fingerprint density at radius 2 is 1.47 bits per heavy atom. The molecule has 1 aromatic heterocycles. The molecule has 1 aliphatic heterocycles. The number of rotatable bonds is 13. The fraction of sp³-hybridized carbons (Fsp3) is 0.577. The predicted octanol–water partition coefficient (Wildman–Crippen LogP) is 4.76. The number of hydrogen-bond acceptors (Lipinski definition) is 6. The first kappa shape index (κ1) is 28.3. The van der Waals surface area contributed by atoms with E-state index in [2.05, 4.69) is 0 Å². The summed E-state index contributed by atoms with van der Waals surface area (Å²) in [5.74, 6) is -0.989. The van der Waals surface area contributed by atoms with Gasteiger partial charge in [-0.3, -0.25) is 14.4 Å². The van der Waals surface area contributed by atoms with E-state index in [1.807, 2.05) is 13.8 Å². The van der Waals surface area contributed by atoms with Crippen molar-refractivity contribution in [3.8, 4) is 0 Å². The Bertz CT molecular complexity index is 1050.